The molecule has 0 aromatic heterocycles. The van der Waals surface area contributed by atoms with Gasteiger partial charge in [-0.1, -0.05) is 66.7 Å². The highest BCUT2D eigenvalue weighted by Crippen LogP contribution is 2.16. The number of benzene rings is 2. The van der Waals surface area contributed by atoms with E-state index in [0.29, 0.717) is 0 Å². The van der Waals surface area contributed by atoms with E-state index in [1.165, 1.54) is 6.08 Å². The van der Waals surface area contributed by atoms with E-state index in [4.69, 9.17) is 4.74 Å². The predicted molar refractivity (Wildman–Crippen MR) is 90.5 cm³/mol. The number of aliphatic carboxylic acids is 1. The average Bonchev–Trinajstić information content (AvgIpc) is 2.61. The number of carbonyl (C=O) groups is 2. The fourth-order valence-corrected chi connectivity index (χ4v) is 2.24. The Hall–Kier alpha value is -3.08. The van der Waals surface area contributed by atoms with Gasteiger partial charge in [-0.15, -0.1) is 6.58 Å². The van der Waals surface area contributed by atoms with Crippen LogP contribution in [0.4, 0.5) is 4.79 Å². The lowest BCUT2D eigenvalue weighted by Gasteiger charge is -2.26. The van der Waals surface area contributed by atoms with Gasteiger partial charge in [-0.25, -0.2) is 9.59 Å². The van der Waals surface area contributed by atoms with Gasteiger partial charge < -0.3 is 15.2 Å². The van der Waals surface area contributed by atoms with Gasteiger partial charge in [0.1, 0.15) is 6.61 Å². The third-order valence-electron chi connectivity index (χ3n) is 3.59. The molecule has 0 aliphatic heterocycles. The van der Waals surface area contributed by atoms with Crippen molar-refractivity contribution in [1.82, 2.24) is 5.32 Å². The van der Waals surface area contributed by atoms with Crippen LogP contribution in [0, 0.1) is 0 Å². The van der Waals surface area contributed by atoms with Crippen LogP contribution in [0.2, 0.25) is 0 Å². The summed E-state index contributed by atoms with van der Waals surface area (Å²) in [5, 5.41) is 12.0. The Morgan fingerprint density at radius 3 is 2.08 bits per heavy atom. The fourth-order valence-electron chi connectivity index (χ4n) is 2.24. The van der Waals surface area contributed by atoms with E-state index in [0.717, 1.165) is 11.1 Å². The molecule has 1 atom stereocenters. The second-order valence-electron chi connectivity index (χ2n) is 5.33. The van der Waals surface area contributed by atoms with Crippen LogP contribution in [0.1, 0.15) is 11.1 Å². The summed E-state index contributed by atoms with van der Waals surface area (Å²) in [7, 11) is 0. The van der Waals surface area contributed by atoms with Crippen molar-refractivity contribution >= 4 is 12.1 Å². The van der Waals surface area contributed by atoms with Crippen molar-refractivity contribution < 1.29 is 19.4 Å². The first-order valence-corrected chi connectivity index (χ1v) is 7.45. The number of nitrogens with one attached hydrogen (secondary N) is 1. The first-order chi connectivity index (χ1) is 11.6. The van der Waals surface area contributed by atoms with Crippen LogP contribution in [0.5, 0.6) is 0 Å². The minimum Gasteiger partial charge on any atom is -0.479 e. The van der Waals surface area contributed by atoms with Gasteiger partial charge in [-0.05, 0) is 11.1 Å². The third kappa shape index (κ3) is 4.46. The molecule has 5 nitrogen and oxygen atoms in total. The largest absolute Gasteiger partial charge is 0.479 e. The molecule has 2 aromatic carbocycles. The maximum absolute atomic E-state index is 12.0. The van der Waals surface area contributed by atoms with Crippen LogP contribution in [0.3, 0.4) is 0 Å². The topological polar surface area (TPSA) is 75.6 Å². The van der Waals surface area contributed by atoms with Gasteiger partial charge >= 0.3 is 12.1 Å². The summed E-state index contributed by atoms with van der Waals surface area (Å²) in [5.74, 6) is -1.20. The van der Waals surface area contributed by atoms with Gasteiger partial charge in [-0.2, -0.15) is 0 Å². The van der Waals surface area contributed by atoms with Crippen molar-refractivity contribution in [2.75, 3.05) is 0 Å². The van der Waals surface area contributed by atoms with Crippen molar-refractivity contribution in [1.29, 1.82) is 0 Å². The van der Waals surface area contributed by atoms with E-state index in [-0.39, 0.29) is 13.0 Å². The Labute approximate surface area is 140 Å². The summed E-state index contributed by atoms with van der Waals surface area (Å²) in [5.41, 5.74) is -0.0480. The summed E-state index contributed by atoms with van der Waals surface area (Å²) < 4.78 is 5.11. The lowest BCUT2D eigenvalue weighted by atomic mass is 9.91. The molecule has 0 spiro atoms. The number of amides is 1. The number of carboxylic acid groups (broad SMARTS) is 1. The second-order valence-corrected chi connectivity index (χ2v) is 5.33. The number of carbonyl (C=O) groups excluding carboxylic acids is 1. The summed E-state index contributed by atoms with van der Waals surface area (Å²) in [6.45, 7) is 3.63. The molecule has 0 radical (unpaired) electrons. The molecule has 0 bridgehead atoms. The number of carboxylic acids is 1. The quantitative estimate of drug-likeness (QED) is 0.767. The Morgan fingerprint density at radius 2 is 1.58 bits per heavy atom. The lowest BCUT2D eigenvalue weighted by molar-refractivity contribution is -0.142. The molecule has 0 saturated carbocycles. The molecule has 1 amide bonds. The Bertz CT molecular complexity index is 700. The molecule has 24 heavy (non-hydrogen) atoms. The van der Waals surface area contributed by atoms with E-state index in [2.05, 4.69) is 11.9 Å². The van der Waals surface area contributed by atoms with Gasteiger partial charge in [0, 0.05) is 6.42 Å². The smallest absolute Gasteiger partial charge is 0.408 e. The molecule has 0 heterocycles. The average molecular weight is 325 g/mol. The summed E-state index contributed by atoms with van der Waals surface area (Å²) in [4.78, 5) is 23.8. The maximum atomic E-state index is 12.0. The fraction of sp³-hybridized carbons (Fsp3) is 0.158. The molecule has 2 aromatic rings. The molecular formula is C19H19NO4. The molecule has 2 N–H and O–H groups in total. The molecule has 2 rings (SSSR count). The molecular weight excluding hydrogens is 306 g/mol. The van der Waals surface area contributed by atoms with Crippen molar-refractivity contribution in [3.63, 3.8) is 0 Å². The zero-order valence-electron chi connectivity index (χ0n) is 13.1. The normalized spacial score (nSPS) is 12.7. The Balaban J connectivity index is 2.06. The minimum atomic E-state index is -1.63. The highest BCUT2D eigenvalue weighted by atomic mass is 16.5. The van der Waals surface area contributed by atoms with Gasteiger partial charge in [0.15, 0.2) is 5.54 Å². The number of rotatable bonds is 7. The molecule has 5 heteroatoms. The van der Waals surface area contributed by atoms with Crippen molar-refractivity contribution in [3.8, 4) is 0 Å². The van der Waals surface area contributed by atoms with Gasteiger partial charge in [0.2, 0.25) is 0 Å². The van der Waals surface area contributed by atoms with Crippen molar-refractivity contribution in [2.24, 2.45) is 0 Å². The summed E-state index contributed by atoms with van der Waals surface area (Å²) >= 11 is 0. The molecule has 1 unspecified atom stereocenters. The standard InChI is InChI=1S/C19H19NO4/c1-2-19(17(21)22,13-15-9-5-3-6-10-15)20-18(23)24-14-16-11-7-4-8-12-16/h2-12H,1,13-14H2,(H,20,23)(H,21,22). The minimum absolute atomic E-state index is 0.0604. The van der Waals surface area contributed by atoms with Crippen LogP contribution in [0.25, 0.3) is 0 Å². The summed E-state index contributed by atoms with van der Waals surface area (Å²) in [6.07, 6.45) is 0.483. The van der Waals surface area contributed by atoms with Crippen molar-refractivity contribution in [2.45, 2.75) is 18.6 Å². The third-order valence-corrected chi connectivity index (χ3v) is 3.59. The molecule has 0 fully saturated rings. The first-order valence-electron chi connectivity index (χ1n) is 7.45. The van der Waals surface area contributed by atoms with E-state index in [1.54, 1.807) is 24.3 Å². The molecule has 0 aliphatic rings. The maximum Gasteiger partial charge on any atom is 0.408 e. The SMILES string of the molecule is C=CC(Cc1ccccc1)(NC(=O)OCc1ccccc1)C(=O)O. The van der Waals surface area contributed by atoms with E-state index >= 15 is 0 Å². The lowest BCUT2D eigenvalue weighted by Crippen LogP contribution is -2.54. The highest BCUT2D eigenvalue weighted by Gasteiger charge is 2.37. The van der Waals surface area contributed by atoms with Crippen LogP contribution in [-0.2, 0) is 22.6 Å². The Kier molecular flexibility index (Phi) is 5.73. The van der Waals surface area contributed by atoms with Crippen molar-refractivity contribution in [3.05, 3.63) is 84.4 Å². The zero-order valence-corrected chi connectivity index (χ0v) is 13.1. The highest BCUT2D eigenvalue weighted by molar-refractivity contribution is 5.87. The van der Waals surface area contributed by atoms with Crippen LogP contribution >= 0.6 is 0 Å². The molecule has 0 saturated heterocycles. The van der Waals surface area contributed by atoms with Crippen LogP contribution in [0.15, 0.2) is 73.3 Å². The first kappa shape index (κ1) is 17.3. The zero-order chi connectivity index (χ0) is 17.4. The van der Waals surface area contributed by atoms with Gasteiger partial charge in [0.25, 0.3) is 0 Å². The van der Waals surface area contributed by atoms with Gasteiger partial charge in [0.05, 0.1) is 0 Å². The number of alkyl carbamates (subject to hydrolysis) is 1. The number of hydrogen-bond donors (Lipinski definition) is 2. The number of ether oxygens (including phenoxy) is 1. The Morgan fingerprint density at radius 1 is 1.04 bits per heavy atom. The predicted octanol–water partition coefficient (Wildman–Crippen LogP) is 3.16. The van der Waals surface area contributed by atoms with Crippen LogP contribution in [-0.4, -0.2) is 22.7 Å². The van der Waals surface area contributed by atoms with E-state index in [9.17, 15) is 14.7 Å². The molecule has 0 aliphatic carbocycles. The van der Waals surface area contributed by atoms with E-state index in [1.807, 2.05) is 36.4 Å². The monoisotopic (exact) mass is 325 g/mol. The number of hydrogen-bond acceptors (Lipinski definition) is 3. The summed E-state index contributed by atoms with van der Waals surface area (Å²) in [6, 6.07) is 18.2. The van der Waals surface area contributed by atoms with Gasteiger partial charge in [-0.3, -0.25) is 0 Å². The molecule has 124 valence electrons. The van der Waals surface area contributed by atoms with E-state index < -0.39 is 17.6 Å². The second kappa shape index (κ2) is 7.97. The van der Waals surface area contributed by atoms with Crippen LogP contribution < -0.4 is 5.32 Å².